The van der Waals surface area contributed by atoms with Crippen LogP contribution in [0.2, 0.25) is 0 Å². The first-order chi connectivity index (χ1) is 14.0. The third-order valence-corrected chi connectivity index (χ3v) is 8.51. The van der Waals surface area contributed by atoms with E-state index >= 15 is 0 Å². The van der Waals surface area contributed by atoms with Crippen molar-refractivity contribution in [2.24, 2.45) is 0 Å². The van der Waals surface area contributed by atoms with E-state index < -0.39 is 20.2 Å². The van der Waals surface area contributed by atoms with Crippen molar-refractivity contribution >= 4 is 55.1 Å². The molecule has 16 heteroatoms. The summed E-state index contributed by atoms with van der Waals surface area (Å²) < 4.78 is 61.5. The molecule has 0 saturated heterocycles. The minimum atomic E-state index is -4.08. The molecular formula is C18H28N6O6S4. The monoisotopic (exact) mass is 552 g/mol. The van der Waals surface area contributed by atoms with Crippen molar-refractivity contribution in [1.29, 1.82) is 0 Å². The Labute approximate surface area is 209 Å². The Bertz CT molecular complexity index is 1070. The molecule has 0 bridgehead atoms. The van der Waals surface area contributed by atoms with Gasteiger partial charge < -0.3 is 22.1 Å². The maximum Gasteiger partial charge on any atom is 0.294 e. The third kappa shape index (κ3) is 7.70. The predicted octanol–water partition coefficient (Wildman–Crippen LogP) is 3.01. The zero-order chi connectivity index (χ0) is 22.1. The van der Waals surface area contributed by atoms with Crippen molar-refractivity contribution in [2.75, 3.05) is 34.6 Å². The molecule has 34 heavy (non-hydrogen) atoms. The molecule has 2 aliphatic rings. The van der Waals surface area contributed by atoms with Gasteiger partial charge in [0.15, 0.2) is 0 Å². The first-order valence-corrected chi connectivity index (χ1v) is 13.9. The van der Waals surface area contributed by atoms with Gasteiger partial charge in [-0.25, -0.2) is 0 Å². The third-order valence-electron chi connectivity index (χ3n) is 4.65. The lowest BCUT2D eigenvalue weighted by atomic mass is 10.3. The van der Waals surface area contributed by atoms with Crippen molar-refractivity contribution in [3.63, 3.8) is 0 Å². The Kier molecular flexibility index (Phi) is 13.7. The van der Waals surface area contributed by atoms with Crippen molar-refractivity contribution in [1.82, 2.24) is 24.6 Å². The van der Waals surface area contributed by atoms with Crippen LogP contribution >= 0.6 is 23.5 Å². The van der Waals surface area contributed by atoms with Crippen molar-refractivity contribution in [3.05, 3.63) is 36.4 Å². The number of rotatable bonds is 4. The molecule has 0 spiro atoms. The van der Waals surface area contributed by atoms with Crippen molar-refractivity contribution in [2.45, 2.75) is 33.4 Å². The molecule has 2 heterocycles. The molecule has 2 aromatic rings. The molecule has 0 aromatic heterocycles. The molecule has 2 aromatic carbocycles. The van der Waals surface area contributed by atoms with Crippen LogP contribution in [0, 0.1) is 0 Å². The Morgan fingerprint density at radius 2 is 1.06 bits per heavy atom. The van der Waals surface area contributed by atoms with Gasteiger partial charge in [0, 0.05) is 35.2 Å². The molecule has 0 atom stereocenters. The van der Waals surface area contributed by atoms with Crippen LogP contribution in [0.5, 0.6) is 0 Å². The summed E-state index contributed by atoms with van der Waals surface area (Å²) in [5.74, 6) is 1.67. The molecule has 8 N–H and O–H groups in total. The Balaban J connectivity index is 0. The van der Waals surface area contributed by atoms with Gasteiger partial charge in [0.25, 0.3) is 20.2 Å². The standard InChI is InChI=1S/2C9H11NO3S2.2H3N.2N/c2*1-2-10-6-14-9-5-7(15(11,12)13)3-4-8(9)10;;;;/h2*3-5H,2,6H2,1H3,(H,11,12,13);2*1H3;;. The van der Waals surface area contributed by atoms with Gasteiger partial charge >= 0.3 is 0 Å². The lowest BCUT2D eigenvalue weighted by Crippen LogP contribution is -2.17. The van der Waals surface area contributed by atoms with E-state index in [0.29, 0.717) is 0 Å². The zero-order valence-corrected chi connectivity index (χ0v) is 21.9. The van der Waals surface area contributed by atoms with E-state index in [1.54, 1.807) is 35.7 Å². The Hall–Kier alpha value is -1.60. The summed E-state index contributed by atoms with van der Waals surface area (Å²) in [4.78, 5) is 6.04. The second-order valence-electron chi connectivity index (χ2n) is 6.47. The lowest BCUT2D eigenvalue weighted by Gasteiger charge is -2.15. The highest BCUT2D eigenvalue weighted by Crippen LogP contribution is 2.40. The molecule has 4 rings (SSSR count). The van der Waals surface area contributed by atoms with Gasteiger partial charge in [0.1, 0.15) is 0 Å². The predicted molar refractivity (Wildman–Crippen MR) is 134 cm³/mol. The normalized spacial score (nSPS) is 13.6. The fourth-order valence-electron chi connectivity index (χ4n) is 3.02. The van der Waals surface area contributed by atoms with E-state index in [4.69, 9.17) is 9.11 Å². The van der Waals surface area contributed by atoms with E-state index in [0.717, 1.165) is 46.0 Å². The van der Waals surface area contributed by atoms with E-state index in [-0.39, 0.29) is 34.4 Å². The summed E-state index contributed by atoms with van der Waals surface area (Å²) in [6, 6.07) is 9.38. The van der Waals surface area contributed by atoms with Crippen LogP contribution in [-0.4, -0.2) is 50.8 Å². The molecule has 0 amide bonds. The SMILES string of the molecule is CCN1CSc2cc(S(=O)(=O)O)ccc21.CCN1CSc2cc(S(=O)(=O)O)ccc21.N.N.[N].[N]. The van der Waals surface area contributed by atoms with Gasteiger partial charge in [-0.15, -0.1) is 23.5 Å². The number of benzene rings is 2. The summed E-state index contributed by atoms with van der Waals surface area (Å²) in [7, 11) is -8.16. The Morgan fingerprint density at radius 3 is 1.32 bits per heavy atom. The van der Waals surface area contributed by atoms with Crippen LogP contribution in [0.3, 0.4) is 0 Å². The average Bonchev–Trinajstić information content (AvgIpc) is 3.29. The van der Waals surface area contributed by atoms with Gasteiger partial charge in [-0.3, -0.25) is 9.11 Å². The van der Waals surface area contributed by atoms with Crippen molar-refractivity contribution in [3.8, 4) is 0 Å². The largest absolute Gasteiger partial charge is 0.361 e. The number of fused-ring (bicyclic) bond motifs is 2. The zero-order valence-electron chi connectivity index (χ0n) is 18.7. The van der Waals surface area contributed by atoms with E-state index in [1.165, 1.54) is 24.3 Å². The second-order valence-corrected chi connectivity index (χ2v) is 11.3. The Morgan fingerprint density at radius 1 is 0.735 bits per heavy atom. The highest BCUT2D eigenvalue weighted by Gasteiger charge is 2.22. The first kappa shape index (κ1) is 34.6. The maximum atomic E-state index is 10.9. The molecule has 0 unspecified atom stereocenters. The molecule has 0 fully saturated rings. The second kappa shape index (κ2) is 13.5. The molecule has 190 valence electrons. The first-order valence-electron chi connectivity index (χ1n) is 9.03. The average molecular weight is 553 g/mol. The van der Waals surface area contributed by atoms with Crippen LogP contribution in [0.4, 0.5) is 11.4 Å². The van der Waals surface area contributed by atoms with Crippen LogP contribution in [0.15, 0.2) is 56.0 Å². The van der Waals surface area contributed by atoms with E-state index in [1.807, 2.05) is 13.8 Å². The quantitative estimate of drug-likeness (QED) is 0.399. The number of hydrogen-bond donors (Lipinski definition) is 4. The van der Waals surface area contributed by atoms with Crippen LogP contribution < -0.4 is 34.4 Å². The molecular weight excluding hydrogens is 525 g/mol. The smallest absolute Gasteiger partial charge is 0.294 e. The minimum Gasteiger partial charge on any atom is -0.361 e. The molecule has 0 aliphatic carbocycles. The van der Waals surface area contributed by atoms with Crippen LogP contribution in [0.25, 0.3) is 0 Å². The fraction of sp³-hybridized carbons (Fsp3) is 0.333. The van der Waals surface area contributed by atoms with E-state index in [9.17, 15) is 16.8 Å². The summed E-state index contributed by atoms with van der Waals surface area (Å²) in [5.41, 5.74) is 2.07. The highest BCUT2D eigenvalue weighted by atomic mass is 32.2. The van der Waals surface area contributed by atoms with Gasteiger partial charge in [-0.05, 0) is 50.2 Å². The summed E-state index contributed by atoms with van der Waals surface area (Å²) >= 11 is 3.16. The van der Waals surface area contributed by atoms with Crippen LogP contribution in [-0.2, 0) is 20.2 Å². The maximum absolute atomic E-state index is 10.9. The summed E-state index contributed by atoms with van der Waals surface area (Å²) in [5, 5.41) is 0. The van der Waals surface area contributed by atoms with E-state index in [2.05, 4.69) is 9.80 Å². The molecule has 12 nitrogen and oxygen atoms in total. The molecule has 6 radical (unpaired) electrons. The fourth-order valence-corrected chi connectivity index (χ4v) is 6.53. The number of hydrogen-bond acceptors (Lipinski definition) is 10. The van der Waals surface area contributed by atoms with Gasteiger partial charge in [-0.1, -0.05) is 0 Å². The van der Waals surface area contributed by atoms with Gasteiger partial charge in [0.05, 0.1) is 32.9 Å². The summed E-state index contributed by atoms with van der Waals surface area (Å²) in [6.07, 6.45) is 0. The summed E-state index contributed by atoms with van der Waals surface area (Å²) in [6.45, 7) is 5.88. The number of thioether (sulfide) groups is 2. The number of anilines is 2. The van der Waals surface area contributed by atoms with Crippen LogP contribution in [0.1, 0.15) is 13.8 Å². The van der Waals surface area contributed by atoms with Crippen molar-refractivity contribution < 1.29 is 25.9 Å². The molecule has 2 aliphatic heterocycles. The number of nitrogens with zero attached hydrogens (tertiary/aromatic N) is 4. The molecule has 0 saturated carbocycles. The van der Waals surface area contributed by atoms with Gasteiger partial charge in [-0.2, -0.15) is 16.8 Å². The lowest BCUT2D eigenvalue weighted by molar-refractivity contribution is 0.480. The van der Waals surface area contributed by atoms with Gasteiger partial charge in [0.2, 0.25) is 0 Å². The topological polar surface area (TPSA) is 246 Å². The highest BCUT2D eigenvalue weighted by molar-refractivity contribution is 8.00. The minimum absolute atomic E-state index is 0.